The topological polar surface area (TPSA) is 60.7 Å². The largest absolute Gasteiger partial charge is 0.395 e. The van der Waals surface area contributed by atoms with E-state index in [2.05, 4.69) is 41.5 Å². The summed E-state index contributed by atoms with van der Waals surface area (Å²) in [5, 5.41) is 10.2. The van der Waals surface area contributed by atoms with Crippen molar-refractivity contribution in [3.8, 4) is 0 Å². The Labute approximate surface area is 158 Å². The summed E-state index contributed by atoms with van der Waals surface area (Å²) in [4.78, 5) is 1.08. The van der Waals surface area contributed by atoms with Crippen LogP contribution in [0, 0.1) is 0 Å². The molecule has 0 spiro atoms. The lowest BCUT2D eigenvalue weighted by Gasteiger charge is -2.43. The van der Waals surface area contributed by atoms with E-state index in [-0.39, 0.29) is 23.4 Å². The Morgan fingerprint density at radius 2 is 1.15 bits per heavy atom. The Morgan fingerprint density at radius 3 is 1.46 bits per heavy atom. The molecule has 2 aromatic carbocycles. The van der Waals surface area contributed by atoms with Gasteiger partial charge in [0.05, 0.1) is 16.4 Å². The van der Waals surface area contributed by atoms with E-state index in [0.717, 1.165) is 22.3 Å². The van der Waals surface area contributed by atoms with Crippen molar-refractivity contribution in [2.45, 2.75) is 68.1 Å². The minimum Gasteiger partial charge on any atom is -0.395 e. The zero-order valence-electron chi connectivity index (χ0n) is 16.5. The van der Waals surface area contributed by atoms with E-state index in [1.165, 1.54) is 0 Å². The molecule has 3 N–H and O–H groups in total. The van der Waals surface area contributed by atoms with Crippen molar-refractivity contribution in [1.29, 1.82) is 0 Å². The summed E-state index contributed by atoms with van der Waals surface area (Å²) < 4.78 is 22.1. The molecule has 0 saturated carbocycles. The summed E-state index contributed by atoms with van der Waals surface area (Å²) in [6.45, 7) is 12.7. The molecule has 0 fully saturated rings. The first-order valence-electron chi connectivity index (χ1n) is 9.05. The van der Waals surface area contributed by atoms with Crippen LogP contribution >= 0.6 is 10.6 Å². The van der Waals surface area contributed by atoms with Gasteiger partial charge in [0.25, 0.3) is 0 Å². The van der Waals surface area contributed by atoms with Crippen molar-refractivity contribution in [3.63, 3.8) is 0 Å². The Bertz CT molecular complexity index is 774. The number of hydrogen-bond acceptors (Lipinski definition) is 3. The average Bonchev–Trinajstić information content (AvgIpc) is 2.53. The number of aliphatic hydroxyl groups is 1. The van der Waals surface area contributed by atoms with E-state index in [1.807, 2.05) is 36.4 Å². The minimum absolute atomic E-state index is 0.0501. The zero-order chi connectivity index (χ0) is 19.5. The first-order valence-corrected chi connectivity index (χ1v) is 10.6. The molecule has 1 aliphatic rings. The molecule has 0 bridgehead atoms. The highest BCUT2D eigenvalue weighted by Gasteiger charge is 2.37. The van der Waals surface area contributed by atoms with Crippen molar-refractivity contribution in [3.05, 3.63) is 58.7 Å². The number of fused-ring (bicyclic) bond motifs is 2. The normalized spacial score (nSPS) is 18.2. The molecule has 0 aliphatic carbocycles. The van der Waals surface area contributed by atoms with Gasteiger partial charge in [-0.2, -0.15) is 0 Å². The quantitative estimate of drug-likeness (QED) is 0.583. The molecule has 3 rings (SSSR count). The fourth-order valence-electron chi connectivity index (χ4n) is 3.58. The summed E-state index contributed by atoms with van der Waals surface area (Å²) in [7, 11) is -3.08. The average molecular weight is 375 g/mol. The van der Waals surface area contributed by atoms with E-state index >= 15 is 0 Å². The second kappa shape index (κ2) is 6.10. The molecule has 1 heterocycles. The van der Waals surface area contributed by atoms with Gasteiger partial charge in [-0.25, -0.2) is 0 Å². The van der Waals surface area contributed by atoms with Gasteiger partial charge in [-0.3, -0.25) is 9.11 Å². The molecule has 142 valence electrons. The van der Waals surface area contributed by atoms with Crippen molar-refractivity contribution >= 4 is 10.6 Å². The molecular formula is C22H30O3S. The molecule has 1 aliphatic heterocycles. The molecule has 26 heavy (non-hydrogen) atoms. The van der Waals surface area contributed by atoms with Crippen molar-refractivity contribution < 1.29 is 14.2 Å². The van der Waals surface area contributed by atoms with Crippen LogP contribution in [-0.2, 0) is 10.8 Å². The van der Waals surface area contributed by atoms with Gasteiger partial charge in [0.1, 0.15) is 0 Å². The zero-order valence-corrected chi connectivity index (χ0v) is 17.3. The van der Waals surface area contributed by atoms with Crippen LogP contribution in [0.5, 0.6) is 0 Å². The van der Waals surface area contributed by atoms with Gasteiger partial charge in [-0.1, -0.05) is 65.8 Å². The Kier molecular flexibility index (Phi) is 4.56. The summed E-state index contributed by atoms with van der Waals surface area (Å²) >= 11 is 0. The second-order valence-electron chi connectivity index (χ2n) is 9.29. The fraction of sp³-hybridized carbons (Fsp3) is 0.455. The third-order valence-corrected chi connectivity index (χ3v) is 7.27. The summed E-state index contributed by atoms with van der Waals surface area (Å²) in [6, 6.07) is 11.7. The Morgan fingerprint density at radius 1 is 0.769 bits per heavy atom. The molecule has 0 unspecified atom stereocenters. The standard InChI is InChI=1S/C22H30O3S/c1-21(2,3)14-7-9-19-16(11-14)18(13-23)17-12-15(22(4,5)6)8-10-20(17)26(19,24)25/h7-12,18,23-25H,13H2,1-6H3. The van der Waals surface area contributed by atoms with Crippen LogP contribution in [0.15, 0.2) is 46.2 Å². The number of hydrogen-bond donors (Lipinski definition) is 3. The van der Waals surface area contributed by atoms with Gasteiger partial charge in [0.2, 0.25) is 0 Å². The van der Waals surface area contributed by atoms with Gasteiger partial charge < -0.3 is 5.11 Å². The first-order chi connectivity index (χ1) is 11.9. The predicted molar refractivity (Wildman–Crippen MR) is 109 cm³/mol. The highest BCUT2D eigenvalue weighted by Crippen LogP contribution is 2.64. The lowest BCUT2D eigenvalue weighted by Crippen LogP contribution is -2.22. The van der Waals surface area contributed by atoms with Crippen molar-refractivity contribution in [2.24, 2.45) is 0 Å². The minimum atomic E-state index is -3.08. The lowest BCUT2D eigenvalue weighted by atomic mass is 9.81. The van der Waals surface area contributed by atoms with Crippen LogP contribution in [0.1, 0.15) is 69.7 Å². The third kappa shape index (κ3) is 3.09. The van der Waals surface area contributed by atoms with Crippen LogP contribution < -0.4 is 0 Å². The van der Waals surface area contributed by atoms with Gasteiger partial charge in [-0.05, 0) is 45.2 Å². The maximum absolute atomic E-state index is 11.0. The molecule has 2 aromatic rings. The van der Waals surface area contributed by atoms with Crippen molar-refractivity contribution in [1.82, 2.24) is 0 Å². The third-order valence-electron chi connectivity index (χ3n) is 5.30. The van der Waals surface area contributed by atoms with E-state index in [0.29, 0.717) is 9.79 Å². The molecule has 0 radical (unpaired) electrons. The van der Waals surface area contributed by atoms with Gasteiger partial charge in [0.15, 0.2) is 0 Å². The van der Waals surface area contributed by atoms with E-state index in [1.54, 1.807) is 0 Å². The molecule has 0 amide bonds. The van der Waals surface area contributed by atoms with E-state index in [4.69, 9.17) is 0 Å². The van der Waals surface area contributed by atoms with Gasteiger partial charge >= 0.3 is 0 Å². The highest BCUT2D eigenvalue weighted by molar-refractivity contribution is 8.24. The number of benzene rings is 2. The van der Waals surface area contributed by atoms with Crippen LogP contribution in [0.25, 0.3) is 0 Å². The molecular weight excluding hydrogens is 344 g/mol. The van der Waals surface area contributed by atoms with Crippen LogP contribution in [0.3, 0.4) is 0 Å². The molecule has 3 nitrogen and oxygen atoms in total. The van der Waals surface area contributed by atoms with Crippen LogP contribution in [0.4, 0.5) is 0 Å². The van der Waals surface area contributed by atoms with Crippen molar-refractivity contribution in [2.75, 3.05) is 6.61 Å². The summed E-state index contributed by atoms with van der Waals surface area (Å²) in [6.07, 6.45) is 0. The number of aliphatic hydroxyl groups excluding tert-OH is 1. The maximum atomic E-state index is 11.0. The monoisotopic (exact) mass is 374 g/mol. The smallest absolute Gasteiger partial charge is 0.0676 e. The molecule has 4 heteroatoms. The van der Waals surface area contributed by atoms with Crippen LogP contribution in [-0.4, -0.2) is 20.8 Å². The predicted octanol–water partition coefficient (Wildman–Crippen LogP) is 5.89. The highest BCUT2D eigenvalue weighted by atomic mass is 32.3. The van der Waals surface area contributed by atoms with E-state index in [9.17, 15) is 14.2 Å². The summed E-state index contributed by atoms with van der Waals surface area (Å²) in [5.41, 5.74) is 3.81. The second-order valence-corrected chi connectivity index (χ2v) is 11.3. The van der Waals surface area contributed by atoms with Gasteiger partial charge in [0, 0.05) is 5.92 Å². The molecule has 0 atom stereocenters. The summed E-state index contributed by atoms with van der Waals surface area (Å²) in [5.74, 6) is -0.246. The first kappa shape index (κ1) is 19.4. The SMILES string of the molecule is CC(C)(C)c1ccc2c(c1)C(CO)c1cc(C(C)(C)C)ccc1S2(O)O. The molecule has 0 saturated heterocycles. The maximum Gasteiger partial charge on any atom is 0.0676 e. The lowest BCUT2D eigenvalue weighted by molar-refractivity contribution is 0.276. The van der Waals surface area contributed by atoms with Gasteiger partial charge in [-0.15, -0.1) is 10.6 Å². The Balaban J connectivity index is 2.27. The number of rotatable bonds is 1. The fourth-order valence-corrected chi connectivity index (χ4v) is 5.39. The van der Waals surface area contributed by atoms with Crippen LogP contribution in [0.2, 0.25) is 0 Å². The van der Waals surface area contributed by atoms with E-state index < -0.39 is 10.6 Å². The molecule has 0 aromatic heterocycles. The Hall–Kier alpha value is -1.33.